The molecule has 1 aliphatic rings. The van der Waals surface area contributed by atoms with Crippen LogP contribution in [0.2, 0.25) is 0 Å². The Labute approximate surface area is 143 Å². The number of nitrogens with zero attached hydrogens (tertiary/aromatic N) is 2. The summed E-state index contributed by atoms with van der Waals surface area (Å²) in [7, 11) is -6.80. The van der Waals surface area contributed by atoms with E-state index in [-0.39, 0.29) is 37.3 Å². The van der Waals surface area contributed by atoms with Crippen molar-refractivity contribution in [2.24, 2.45) is 0 Å². The highest BCUT2D eigenvalue weighted by atomic mass is 32.2. The fourth-order valence-electron chi connectivity index (χ4n) is 2.36. The Morgan fingerprint density at radius 3 is 1.96 bits per heavy atom. The van der Waals surface area contributed by atoms with Gasteiger partial charge in [-0.25, -0.2) is 16.8 Å². The van der Waals surface area contributed by atoms with Crippen LogP contribution in [0.4, 0.5) is 0 Å². The van der Waals surface area contributed by atoms with Crippen LogP contribution < -0.4 is 0 Å². The molecule has 1 aromatic heterocycles. The molecule has 0 aromatic carbocycles. The van der Waals surface area contributed by atoms with Crippen LogP contribution in [0.5, 0.6) is 0 Å². The lowest BCUT2D eigenvalue weighted by atomic mass is 9.95. The molecule has 6 nitrogen and oxygen atoms in total. The third-order valence-electron chi connectivity index (χ3n) is 3.87. The van der Waals surface area contributed by atoms with E-state index in [1.54, 1.807) is 13.0 Å². The van der Waals surface area contributed by atoms with E-state index in [1.807, 2.05) is 26.8 Å². The van der Waals surface area contributed by atoms with Gasteiger partial charge in [0, 0.05) is 31.1 Å². The van der Waals surface area contributed by atoms with Crippen molar-refractivity contribution in [1.82, 2.24) is 8.61 Å². The number of hydrogen-bond donors (Lipinski definition) is 0. The Balaban J connectivity index is 2.15. The molecule has 2 rings (SSSR count). The van der Waals surface area contributed by atoms with E-state index in [1.165, 1.54) is 19.9 Å². The maximum Gasteiger partial charge on any atom is 0.252 e. The molecule has 0 saturated carbocycles. The first kappa shape index (κ1) is 18.9. The Kier molecular flexibility index (Phi) is 5.28. The Bertz CT molecular complexity index is 752. The average molecular weight is 381 g/mol. The number of thiophene rings is 1. The van der Waals surface area contributed by atoms with Crippen molar-refractivity contribution in [3.05, 3.63) is 17.0 Å². The molecule has 9 heteroatoms. The second kappa shape index (κ2) is 6.44. The molecule has 1 aliphatic heterocycles. The summed E-state index contributed by atoms with van der Waals surface area (Å²) in [5.41, 5.74) is -0.0909. The highest BCUT2D eigenvalue weighted by Gasteiger charge is 2.33. The van der Waals surface area contributed by atoms with Crippen molar-refractivity contribution < 1.29 is 16.8 Å². The van der Waals surface area contributed by atoms with E-state index in [0.29, 0.717) is 4.21 Å². The lowest BCUT2D eigenvalue weighted by Gasteiger charge is -2.32. The Morgan fingerprint density at radius 1 is 1.00 bits per heavy atom. The van der Waals surface area contributed by atoms with Crippen molar-refractivity contribution >= 4 is 31.4 Å². The van der Waals surface area contributed by atoms with Crippen LogP contribution in [0.1, 0.15) is 32.6 Å². The van der Waals surface area contributed by atoms with Gasteiger partial charge < -0.3 is 0 Å². The van der Waals surface area contributed by atoms with E-state index in [4.69, 9.17) is 0 Å². The monoisotopic (exact) mass is 380 g/mol. The molecule has 0 atom stereocenters. The molecule has 0 N–H and O–H groups in total. The third kappa shape index (κ3) is 3.96. The molecule has 0 bridgehead atoms. The zero-order valence-electron chi connectivity index (χ0n) is 13.9. The minimum Gasteiger partial charge on any atom is -0.212 e. The predicted octanol–water partition coefficient (Wildman–Crippen LogP) is 1.70. The standard InChI is InChI=1S/C14H24N2O4S3/c1-5-22(17,18)15-8-10-16(11-9-15)23(19,20)13-7-6-12(21-13)14(2,3)4/h6-7H,5,8-11H2,1-4H3. The molecular formula is C14H24N2O4S3. The maximum absolute atomic E-state index is 12.7. The highest BCUT2D eigenvalue weighted by Crippen LogP contribution is 2.33. The van der Waals surface area contributed by atoms with Crippen molar-refractivity contribution in [3.63, 3.8) is 0 Å². The van der Waals surface area contributed by atoms with E-state index >= 15 is 0 Å². The second-order valence-electron chi connectivity index (χ2n) is 6.57. The smallest absolute Gasteiger partial charge is 0.212 e. The van der Waals surface area contributed by atoms with E-state index < -0.39 is 20.0 Å². The lowest BCUT2D eigenvalue weighted by Crippen LogP contribution is -2.50. The summed E-state index contributed by atoms with van der Waals surface area (Å²) in [4.78, 5) is 1.02. The van der Waals surface area contributed by atoms with Gasteiger partial charge in [-0.15, -0.1) is 11.3 Å². The predicted molar refractivity (Wildman–Crippen MR) is 92.8 cm³/mol. The molecule has 0 amide bonds. The molecule has 0 unspecified atom stereocenters. The second-order valence-corrected chi connectivity index (χ2v) is 12.1. The summed E-state index contributed by atoms with van der Waals surface area (Å²) in [5.74, 6) is 0.0413. The van der Waals surface area contributed by atoms with Crippen molar-refractivity contribution in [1.29, 1.82) is 0 Å². The van der Waals surface area contributed by atoms with E-state index in [9.17, 15) is 16.8 Å². The molecule has 1 fully saturated rings. The third-order valence-corrected chi connectivity index (χ3v) is 9.63. The summed E-state index contributed by atoms with van der Waals surface area (Å²) in [6, 6.07) is 3.51. The van der Waals surface area contributed by atoms with Crippen LogP contribution in [-0.4, -0.2) is 57.4 Å². The summed E-state index contributed by atoms with van der Waals surface area (Å²) in [5, 5.41) is 0. The van der Waals surface area contributed by atoms with Gasteiger partial charge >= 0.3 is 0 Å². The highest BCUT2D eigenvalue weighted by molar-refractivity contribution is 7.91. The first-order chi connectivity index (χ1) is 10.5. The van der Waals surface area contributed by atoms with Gasteiger partial charge in [-0.3, -0.25) is 0 Å². The van der Waals surface area contributed by atoms with Gasteiger partial charge in [0.2, 0.25) is 10.0 Å². The summed E-state index contributed by atoms with van der Waals surface area (Å²) in [6.45, 7) is 8.56. The lowest BCUT2D eigenvalue weighted by molar-refractivity contribution is 0.273. The van der Waals surface area contributed by atoms with Gasteiger partial charge in [-0.1, -0.05) is 20.8 Å². The zero-order valence-corrected chi connectivity index (χ0v) is 16.4. The minimum absolute atomic E-state index is 0.0413. The van der Waals surface area contributed by atoms with Crippen molar-refractivity contribution in [2.45, 2.75) is 37.3 Å². The summed E-state index contributed by atoms with van der Waals surface area (Å²) in [6.07, 6.45) is 0. The van der Waals surface area contributed by atoms with Gasteiger partial charge in [-0.05, 0) is 24.5 Å². The molecule has 23 heavy (non-hydrogen) atoms. The van der Waals surface area contributed by atoms with Crippen LogP contribution >= 0.6 is 11.3 Å². The first-order valence-corrected chi connectivity index (χ1v) is 11.4. The summed E-state index contributed by atoms with van der Waals surface area (Å²) >= 11 is 1.29. The quantitative estimate of drug-likeness (QED) is 0.797. The SMILES string of the molecule is CCS(=O)(=O)N1CCN(S(=O)(=O)c2ccc(C(C)(C)C)s2)CC1. The first-order valence-electron chi connectivity index (χ1n) is 7.57. The Hall–Kier alpha value is -0.480. The number of piperazine rings is 1. The van der Waals surface area contributed by atoms with Crippen LogP contribution in [0, 0.1) is 0 Å². The molecule has 132 valence electrons. The Morgan fingerprint density at radius 2 is 1.52 bits per heavy atom. The topological polar surface area (TPSA) is 74.8 Å². The average Bonchev–Trinajstić information content (AvgIpc) is 2.98. The van der Waals surface area contributed by atoms with Crippen LogP contribution in [0.3, 0.4) is 0 Å². The molecular weight excluding hydrogens is 356 g/mol. The largest absolute Gasteiger partial charge is 0.252 e. The fourth-order valence-corrected chi connectivity index (χ4v) is 6.39. The van der Waals surface area contributed by atoms with Gasteiger partial charge in [-0.2, -0.15) is 8.61 Å². The van der Waals surface area contributed by atoms with Crippen LogP contribution in [0.15, 0.2) is 16.3 Å². The molecule has 0 aliphatic carbocycles. The number of hydrogen-bond acceptors (Lipinski definition) is 5. The molecule has 1 aromatic rings. The van der Waals surface area contributed by atoms with Gasteiger partial charge in [0.25, 0.3) is 10.0 Å². The molecule has 0 spiro atoms. The van der Waals surface area contributed by atoms with Crippen molar-refractivity contribution in [2.75, 3.05) is 31.9 Å². The zero-order chi connectivity index (χ0) is 17.5. The van der Waals surface area contributed by atoms with Crippen LogP contribution in [0.25, 0.3) is 0 Å². The van der Waals surface area contributed by atoms with E-state index in [2.05, 4.69) is 0 Å². The fraction of sp³-hybridized carbons (Fsp3) is 0.714. The number of rotatable bonds is 4. The molecule has 0 radical (unpaired) electrons. The van der Waals surface area contributed by atoms with Gasteiger partial charge in [0.15, 0.2) is 0 Å². The normalized spacial score (nSPS) is 19.1. The van der Waals surface area contributed by atoms with Gasteiger partial charge in [0.1, 0.15) is 4.21 Å². The minimum atomic E-state index is -3.55. The summed E-state index contributed by atoms with van der Waals surface area (Å²) < 4.78 is 52.2. The molecule has 2 heterocycles. The van der Waals surface area contributed by atoms with Crippen molar-refractivity contribution in [3.8, 4) is 0 Å². The molecule has 1 saturated heterocycles. The van der Waals surface area contributed by atoms with E-state index in [0.717, 1.165) is 4.88 Å². The number of sulfonamides is 2. The van der Waals surface area contributed by atoms with Crippen LogP contribution in [-0.2, 0) is 25.5 Å². The maximum atomic E-state index is 12.7. The van der Waals surface area contributed by atoms with Gasteiger partial charge in [0.05, 0.1) is 5.75 Å².